The summed E-state index contributed by atoms with van der Waals surface area (Å²) in [4.78, 5) is 4.95. The number of hydrogen-bond donors (Lipinski definition) is 0. The molecule has 0 aliphatic carbocycles. The van der Waals surface area contributed by atoms with Gasteiger partial charge in [-0.05, 0) is 78.3 Å². The highest BCUT2D eigenvalue weighted by Gasteiger charge is 2.32. The predicted molar refractivity (Wildman–Crippen MR) is 181 cm³/mol. The number of aliphatic imine (C=N–C) groups is 1. The first-order valence-corrected chi connectivity index (χ1v) is 16.4. The van der Waals surface area contributed by atoms with E-state index in [-0.39, 0.29) is 22.3 Å². The van der Waals surface area contributed by atoms with Crippen molar-refractivity contribution in [2.24, 2.45) is 10.4 Å². The summed E-state index contributed by atoms with van der Waals surface area (Å²) in [7, 11) is -1.89. The van der Waals surface area contributed by atoms with Crippen molar-refractivity contribution in [2.45, 2.75) is 107 Å². The van der Waals surface area contributed by atoms with Crippen molar-refractivity contribution in [3.63, 3.8) is 0 Å². The van der Waals surface area contributed by atoms with Gasteiger partial charge in [-0.3, -0.25) is 0 Å². The normalized spacial score (nSPS) is 16.0. The number of para-hydroxylation sites is 1. The Morgan fingerprint density at radius 2 is 1.23 bits per heavy atom. The molecule has 230 valence electrons. The van der Waals surface area contributed by atoms with Gasteiger partial charge in [0.2, 0.25) is 5.90 Å². The van der Waals surface area contributed by atoms with E-state index >= 15 is 0 Å². The minimum absolute atomic E-state index is 0.00125. The van der Waals surface area contributed by atoms with Crippen LogP contribution < -0.4 is 4.52 Å². The van der Waals surface area contributed by atoms with E-state index in [0.29, 0.717) is 18.3 Å². The third-order valence-corrected chi connectivity index (χ3v) is 9.75. The average molecular weight is 602 g/mol. The predicted octanol–water partition coefficient (Wildman–Crippen LogP) is 11.2. The van der Waals surface area contributed by atoms with Crippen LogP contribution in [-0.4, -0.2) is 18.5 Å². The van der Waals surface area contributed by atoms with Gasteiger partial charge in [0.05, 0.1) is 11.6 Å². The van der Waals surface area contributed by atoms with Crippen LogP contribution in [0.2, 0.25) is 0 Å². The molecule has 0 N–H and O–H groups in total. The zero-order valence-electron chi connectivity index (χ0n) is 28.3. The lowest BCUT2D eigenvalue weighted by atomic mass is 9.81. The molecule has 4 aromatic rings. The van der Waals surface area contributed by atoms with Crippen molar-refractivity contribution in [1.82, 2.24) is 0 Å². The molecular weight excluding hydrogens is 553 g/mol. The van der Waals surface area contributed by atoms with Crippen LogP contribution in [0.15, 0.2) is 49.8 Å². The molecule has 0 bridgehead atoms. The fraction of sp³-hybridized carbons (Fsp3) is 0.486. The monoisotopic (exact) mass is 601 g/mol. The first-order valence-electron chi connectivity index (χ1n) is 15.3. The van der Waals surface area contributed by atoms with Gasteiger partial charge in [0.15, 0.2) is 0 Å². The molecule has 5 rings (SSSR count). The summed E-state index contributed by atoms with van der Waals surface area (Å²) in [5.41, 5.74) is 9.31. The maximum Gasteiger partial charge on any atom is 0.453 e. The largest absolute Gasteiger partial charge is 0.475 e. The zero-order chi connectivity index (χ0) is 31.6. The quantitative estimate of drug-likeness (QED) is 0.234. The van der Waals surface area contributed by atoms with E-state index in [1.165, 1.54) is 22.3 Å². The van der Waals surface area contributed by atoms with Crippen molar-refractivity contribution in [1.29, 1.82) is 0 Å². The first kappa shape index (κ1) is 31.3. The smallest absolute Gasteiger partial charge is 0.453 e. The van der Waals surface area contributed by atoms with Gasteiger partial charge < -0.3 is 17.7 Å². The lowest BCUT2D eigenvalue weighted by Gasteiger charge is -2.23. The molecule has 43 heavy (non-hydrogen) atoms. The standard InChI is InChI=1S/C37H48NO4P/c1-21-18-26(35(5,6)7)32-30(23(21)3)31-24(4)22(2)19-27(36(8,9)10)33(31)42-43(41-32)40-28-17-15-14-16-25(28)34-38-29(20-39-34)37(11,12)13/h14-19,29H,20H2,1-13H3/t29-/m1/s1. The molecule has 0 radical (unpaired) electrons. The molecule has 1 atom stereocenters. The van der Waals surface area contributed by atoms with E-state index in [1.54, 1.807) is 0 Å². The Morgan fingerprint density at radius 3 is 1.67 bits per heavy atom. The van der Waals surface area contributed by atoms with Crippen molar-refractivity contribution in [2.75, 3.05) is 6.61 Å². The van der Waals surface area contributed by atoms with Gasteiger partial charge in [-0.1, -0.05) is 86.6 Å². The van der Waals surface area contributed by atoms with Gasteiger partial charge >= 0.3 is 8.24 Å². The van der Waals surface area contributed by atoms with E-state index in [2.05, 4.69) is 102 Å². The second kappa shape index (κ2) is 10.8. The Kier molecular flexibility index (Phi) is 7.83. The van der Waals surface area contributed by atoms with Crippen LogP contribution in [-0.2, 0) is 15.6 Å². The van der Waals surface area contributed by atoms with E-state index in [4.69, 9.17) is 22.6 Å². The second-order valence-electron chi connectivity index (χ2n) is 15.3. The minimum Gasteiger partial charge on any atom is -0.475 e. The maximum atomic E-state index is 6.93. The number of nitrogens with zero attached hydrogens (tertiary/aromatic N) is 1. The Hall–Kier alpha value is -3.17. The number of fused-ring (bicyclic) bond motifs is 3. The molecule has 1 aromatic heterocycles. The lowest BCUT2D eigenvalue weighted by Crippen LogP contribution is -2.25. The third kappa shape index (κ3) is 5.86. The summed E-state index contributed by atoms with van der Waals surface area (Å²) >= 11 is 0. The summed E-state index contributed by atoms with van der Waals surface area (Å²) < 4.78 is 26.7. The molecule has 0 unspecified atom stereocenters. The molecule has 1 aliphatic rings. The Bertz CT molecular complexity index is 1700. The summed E-state index contributed by atoms with van der Waals surface area (Å²) in [6, 6.07) is 12.5. The number of aryl methyl sites for hydroxylation is 4. The summed E-state index contributed by atoms with van der Waals surface area (Å²) in [5.74, 6) is 1.24. The van der Waals surface area contributed by atoms with E-state index in [9.17, 15) is 0 Å². The van der Waals surface area contributed by atoms with E-state index in [1.807, 2.05) is 24.3 Å². The first-order chi connectivity index (χ1) is 19.9. The molecule has 0 saturated heterocycles. The van der Waals surface area contributed by atoms with Crippen molar-refractivity contribution >= 4 is 36.1 Å². The summed E-state index contributed by atoms with van der Waals surface area (Å²) in [6.07, 6.45) is 0. The van der Waals surface area contributed by atoms with Crippen molar-refractivity contribution in [3.05, 3.63) is 75.3 Å². The van der Waals surface area contributed by atoms with Crippen molar-refractivity contribution in [3.8, 4) is 5.75 Å². The minimum atomic E-state index is -1.89. The molecule has 1 aliphatic heterocycles. The van der Waals surface area contributed by atoms with Gasteiger partial charge in [0, 0.05) is 21.9 Å². The Morgan fingerprint density at radius 1 is 0.744 bits per heavy atom. The second-order valence-corrected chi connectivity index (χ2v) is 16.3. The van der Waals surface area contributed by atoms with Crippen LogP contribution in [0.25, 0.3) is 21.9 Å². The highest BCUT2D eigenvalue weighted by Crippen LogP contribution is 2.46. The van der Waals surface area contributed by atoms with Crippen LogP contribution in [0.3, 0.4) is 0 Å². The number of hydrogen-bond acceptors (Lipinski definition) is 5. The van der Waals surface area contributed by atoms with Crippen LogP contribution in [0.1, 0.15) is 101 Å². The molecule has 3 aromatic carbocycles. The summed E-state index contributed by atoms with van der Waals surface area (Å²) in [5, 5.41) is 2.20. The third-order valence-electron chi connectivity index (χ3n) is 8.74. The molecule has 6 heteroatoms. The molecular formula is C37H48NO4P. The number of rotatable bonds is 3. The SMILES string of the molecule is Cc1cc(C(C)(C)C)c2op(Oc3ccccc3C3=N[C@@H](C(C)(C)C)CO3)oc3c(C(C)(C)C)cc(C)c(C)c3c2c1C. The van der Waals surface area contributed by atoms with Crippen LogP contribution in [0.5, 0.6) is 5.75 Å². The van der Waals surface area contributed by atoms with Crippen molar-refractivity contribution < 1.29 is 17.7 Å². The Labute approximate surface area is 258 Å². The molecule has 0 spiro atoms. The average Bonchev–Trinajstić information content (AvgIpc) is 3.33. The van der Waals surface area contributed by atoms with Gasteiger partial charge in [0.25, 0.3) is 0 Å². The molecule has 0 fully saturated rings. The zero-order valence-corrected chi connectivity index (χ0v) is 29.2. The molecule has 0 amide bonds. The van der Waals surface area contributed by atoms with Gasteiger partial charge in [-0.2, -0.15) is 0 Å². The molecule has 2 heterocycles. The van der Waals surface area contributed by atoms with Crippen LogP contribution in [0.4, 0.5) is 0 Å². The molecule has 5 nitrogen and oxygen atoms in total. The summed E-state index contributed by atoms with van der Waals surface area (Å²) in [6.45, 7) is 29.3. The van der Waals surface area contributed by atoms with E-state index in [0.717, 1.165) is 38.6 Å². The van der Waals surface area contributed by atoms with Crippen LogP contribution >= 0.6 is 8.24 Å². The molecule has 0 saturated carbocycles. The Balaban J connectivity index is 1.88. The fourth-order valence-corrected chi connectivity index (χ4v) is 6.77. The van der Waals surface area contributed by atoms with Gasteiger partial charge in [-0.15, -0.1) is 0 Å². The number of ether oxygens (including phenoxy) is 1. The lowest BCUT2D eigenvalue weighted by molar-refractivity contribution is 0.235. The topological polar surface area (TPSA) is 57.1 Å². The van der Waals surface area contributed by atoms with Crippen LogP contribution in [0, 0.1) is 33.1 Å². The highest BCUT2D eigenvalue weighted by molar-refractivity contribution is 7.32. The fourth-order valence-electron chi connectivity index (χ4n) is 5.66. The van der Waals surface area contributed by atoms with Gasteiger partial charge in [0.1, 0.15) is 23.5 Å². The maximum absolute atomic E-state index is 6.93. The van der Waals surface area contributed by atoms with E-state index < -0.39 is 8.24 Å². The van der Waals surface area contributed by atoms with Gasteiger partial charge in [-0.25, -0.2) is 4.99 Å². The highest BCUT2D eigenvalue weighted by atomic mass is 31.1. The number of benzene rings is 3.